The molecule has 3 rings (SSSR count). The quantitative estimate of drug-likeness (QED) is 0.435. The van der Waals surface area contributed by atoms with E-state index >= 15 is 0 Å². The van der Waals surface area contributed by atoms with E-state index in [0.29, 0.717) is 16.5 Å². The van der Waals surface area contributed by atoms with Crippen LogP contribution in [0.25, 0.3) is 0 Å². The van der Waals surface area contributed by atoms with Crippen molar-refractivity contribution in [2.45, 2.75) is 36.2 Å². The normalized spacial score (nSPS) is 10.8. The number of hydrogen-bond donors (Lipinski definition) is 1. The van der Waals surface area contributed by atoms with Crippen LogP contribution in [0.5, 0.6) is 5.75 Å². The summed E-state index contributed by atoms with van der Waals surface area (Å²) in [5.41, 5.74) is 1.86. The first-order valence-corrected chi connectivity index (χ1v) is 11.7. The average Bonchev–Trinajstić information content (AvgIpc) is 3.14. The van der Waals surface area contributed by atoms with Gasteiger partial charge in [0.15, 0.2) is 5.16 Å². The number of ether oxygens (including phenoxy) is 1. The summed E-state index contributed by atoms with van der Waals surface area (Å²) in [4.78, 5) is 13.5. The fourth-order valence-electron chi connectivity index (χ4n) is 2.70. The fraction of sp³-hybridized carbons (Fsp3) is 0.286. The van der Waals surface area contributed by atoms with E-state index in [1.807, 2.05) is 11.5 Å². The summed E-state index contributed by atoms with van der Waals surface area (Å²) in [5.74, 6) is 2.28. The Kier molecular flexibility index (Phi) is 8.07. The zero-order chi connectivity index (χ0) is 21.5. The van der Waals surface area contributed by atoms with Crippen LogP contribution in [-0.2, 0) is 17.1 Å². The largest absolute Gasteiger partial charge is 0.495 e. The Morgan fingerprint density at radius 1 is 1.17 bits per heavy atom. The van der Waals surface area contributed by atoms with Gasteiger partial charge in [-0.2, -0.15) is 0 Å². The number of benzene rings is 2. The van der Waals surface area contributed by atoms with Crippen LogP contribution in [-0.4, -0.2) is 33.5 Å². The first-order valence-electron chi connectivity index (χ1n) is 9.38. The number of hydrogen-bond acceptors (Lipinski definition) is 6. The second-order valence-corrected chi connectivity index (χ2v) is 8.83. The van der Waals surface area contributed by atoms with Gasteiger partial charge in [0.1, 0.15) is 11.6 Å². The molecule has 0 bridgehead atoms. The number of thioether (sulfide) groups is 2. The molecule has 0 aliphatic carbocycles. The number of carbonyl (C=O) groups excluding carboxylic acids is 1. The third kappa shape index (κ3) is 5.93. The van der Waals surface area contributed by atoms with E-state index < -0.39 is 0 Å². The van der Waals surface area contributed by atoms with Gasteiger partial charge in [0.05, 0.1) is 23.6 Å². The Hall–Kier alpha value is -2.16. The first kappa shape index (κ1) is 22.5. The lowest BCUT2D eigenvalue weighted by molar-refractivity contribution is -0.113. The molecule has 1 amide bonds. The molecule has 30 heavy (non-hydrogen) atoms. The van der Waals surface area contributed by atoms with Gasteiger partial charge < -0.3 is 14.6 Å². The molecule has 0 spiro atoms. The number of amides is 1. The van der Waals surface area contributed by atoms with Crippen molar-refractivity contribution in [2.75, 3.05) is 18.2 Å². The van der Waals surface area contributed by atoms with E-state index in [1.165, 1.54) is 22.2 Å². The molecule has 9 heteroatoms. The second kappa shape index (κ2) is 10.7. The lowest BCUT2D eigenvalue weighted by Gasteiger charge is -2.09. The average molecular weight is 463 g/mol. The molecule has 0 fully saturated rings. The van der Waals surface area contributed by atoms with Crippen LogP contribution in [0.15, 0.2) is 52.5 Å². The Morgan fingerprint density at radius 3 is 2.60 bits per heavy atom. The number of aromatic nitrogens is 3. The summed E-state index contributed by atoms with van der Waals surface area (Å²) in [6.07, 6.45) is 0. The molecule has 6 nitrogen and oxygen atoms in total. The Labute approximate surface area is 189 Å². The van der Waals surface area contributed by atoms with Gasteiger partial charge in [-0.1, -0.05) is 41.1 Å². The molecule has 3 aromatic rings. The molecule has 0 aliphatic rings. The van der Waals surface area contributed by atoms with Crippen LogP contribution in [0.4, 0.5) is 5.69 Å². The predicted octanol–water partition coefficient (Wildman–Crippen LogP) is 5.29. The van der Waals surface area contributed by atoms with Gasteiger partial charge in [-0.25, -0.2) is 0 Å². The van der Waals surface area contributed by atoms with Gasteiger partial charge in [0.2, 0.25) is 5.91 Å². The van der Waals surface area contributed by atoms with Gasteiger partial charge in [-0.05, 0) is 44.2 Å². The number of nitrogens with one attached hydrogen (secondary N) is 1. The molecule has 0 aliphatic heterocycles. The highest BCUT2D eigenvalue weighted by molar-refractivity contribution is 7.99. The molecule has 0 radical (unpaired) electrons. The number of rotatable bonds is 9. The van der Waals surface area contributed by atoms with Crippen LogP contribution in [0.2, 0.25) is 5.02 Å². The topological polar surface area (TPSA) is 69.0 Å². The van der Waals surface area contributed by atoms with Crippen molar-refractivity contribution in [1.29, 1.82) is 0 Å². The van der Waals surface area contributed by atoms with E-state index in [-0.39, 0.29) is 11.7 Å². The molecule has 0 saturated carbocycles. The second-order valence-electron chi connectivity index (χ2n) is 6.43. The number of carbonyl (C=O) groups is 1. The highest BCUT2D eigenvalue weighted by atomic mass is 35.5. The van der Waals surface area contributed by atoms with Crippen LogP contribution in [0, 0.1) is 6.92 Å². The highest BCUT2D eigenvalue weighted by Crippen LogP contribution is 2.28. The maximum atomic E-state index is 12.3. The standard InChI is InChI=1S/C21H23ClN4O2S2/c1-4-26-19(12-29-16-8-5-14(2)6-9-16)24-25-21(26)30-13-20(27)23-15-7-10-18(28-3)17(22)11-15/h5-11H,4,12-13H2,1-3H3,(H,23,27). The molecule has 158 valence electrons. The molecule has 0 atom stereocenters. The number of aryl methyl sites for hydroxylation is 1. The fourth-order valence-corrected chi connectivity index (χ4v) is 4.62. The summed E-state index contributed by atoms with van der Waals surface area (Å²) in [6, 6.07) is 13.6. The monoisotopic (exact) mass is 462 g/mol. The minimum atomic E-state index is -0.137. The number of anilines is 1. The maximum absolute atomic E-state index is 12.3. The van der Waals surface area contributed by atoms with Crippen LogP contribution >= 0.6 is 35.1 Å². The number of halogens is 1. The molecular formula is C21H23ClN4O2S2. The molecule has 2 aromatic carbocycles. The molecule has 0 saturated heterocycles. The zero-order valence-electron chi connectivity index (χ0n) is 17.0. The summed E-state index contributed by atoms with van der Waals surface area (Å²) in [5, 5.41) is 12.6. The van der Waals surface area contributed by atoms with Gasteiger partial charge in [0.25, 0.3) is 0 Å². The Balaban J connectivity index is 1.56. The smallest absolute Gasteiger partial charge is 0.234 e. The number of methoxy groups -OCH3 is 1. The van der Waals surface area contributed by atoms with Crippen molar-refractivity contribution in [1.82, 2.24) is 14.8 Å². The zero-order valence-corrected chi connectivity index (χ0v) is 19.4. The third-order valence-corrected chi connectivity index (χ3v) is 6.54. The van der Waals surface area contributed by atoms with Crippen molar-refractivity contribution >= 4 is 46.7 Å². The molecule has 0 unspecified atom stereocenters. The van der Waals surface area contributed by atoms with Crippen LogP contribution < -0.4 is 10.1 Å². The minimum absolute atomic E-state index is 0.137. The predicted molar refractivity (Wildman–Crippen MR) is 124 cm³/mol. The van der Waals surface area contributed by atoms with E-state index in [2.05, 4.69) is 46.7 Å². The summed E-state index contributed by atoms with van der Waals surface area (Å²) in [6.45, 7) is 4.87. The summed E-state index contributed by atoms with van der Waals surface area (Å²) in [7, 11) is 1.55. The van der Waals surface area contributed by atoms with Gasteiger partial charge in [0, 0.05) is 17.1 Å². The minimum Gasteiger partial charge on any atom is -0.495 e. The van der Waals surface area contributed by atoms with Crippen LogP contribution in [0.3, 0.4) is 0 Å². The van der Waals surface area contributed by atoms with Crippen molar-refractivity contribution in [2.24, 2.45) is 0 Å². The van der Waals surface area contributed by atoms with E-state index in [0.717, 1.165) is 23.3 Å². The summed E-state index contributed by atoms with van der Waals surface area (Å²) >= 11 is 9.19. The third-order valence-electron chi connectivity index (χ3n) is 4.27. The van der Waals surface area contributed by atoms with E-state index in [4.69, 9.17) is 16.3 Å². The Bertz CT molecular complexity index is 1010. The number of nitrogens with zero attached hydrogens (tertiary/aromatic N) is 3. The van der Waals surface area contributed by atoms with Crippen LogP contribution in [0.1, 0.15) is 18.3 Å². The molecular weight excluding hydrogens is 440 g/mol. The molecule has 1 aromatic heterocycles. The van der Waals surface area contributed by atoms with Crippen molar-refractivity contribution < 1.29 is 9.53 Å². The SMILES string of the molecule is CCn1c(CSc2ccc(C)cc2)nnc1SCC(=O)Nc1ccc(OC)c(Cl)c1. The lowest BCUT2D eigenvalue weighted by atomic mass is 10.2. The van der Waals surface area contributed by atoms with Gasteiger partial charge in [-0.3, -0.25) is 4.79 Å². The molecule has 1 N–H and O–H groups in total. The highest BCUT2D eigenvalue weighted by Gasteiger charge is 2.14. The lowest BCUT2D eigenvalue weighted by Crippen LogP contribution is -2.14. The molecule has 1 heterocycles. The maximum Gasteiger partial charge on any atom is 0.234 e. The van der Waals surface area contributed by atoms with E-state index in [1.54, 1.807) is 37.1 Å². The first-order chi connectivity index (χ1) is 14.5. The summed E-state index contributed by atoms with van der Waals surface area (Å²) < 4.78 is 7.17. The van der Waals surface area contributed by atoms with E-state index in [9.17, 15) is 4.79 Å². The van der Waals surface area contributed by atoms with Crippen molar-refractivity contribution in [3.63, 3.8) is 0 Å². The van der Waals surface area contributed by atoms with Gasteiger partial charge >= 0.3 is 0 Å². The van der Waals surface area contributed by atoms with Crippen molar-refractivity contribution in [3.8, 4) is 5.75 Å². The van der Waals surface area contributed by atoms with Gasteiger partial charge in [-0.15, -0.1) is 22.0 Å². The van der Waals surface area contributed by atoms with Crippen molar-refractivity contribution in [3.05, 3.63) is 58.9 Å². The Morgan fingerprint density at radius 2 is 1.93 bits per heavy atom.